The van der Waals surface area contributed by atoms with Gasteiger partial charge in [0, 0.05) is 36.0 Å². The van der Waals surface area contributed by atoms with Crippen molar-refractivity contribution in [3.8, 4) is 5.88 Å². The molecule has 0 unspecified atom stereocenters. The number of nitrogens with zero attached hydrogens (tertiary/aromatic N) is 2. The average molecular weight is 241 g/mol. The summed E-state index contributed by atoms with van der Waals surface area (Å²) < 4.78 is 5.72. The van der Waals surface area contributed by atoms with Crippen molar-refractivity contribution >= 4 is 18.0 Å². The molecule has 0 bridgehead atoms. The Labute approximate surface area is 106 Å². The van der Waals surface area contributed by atoms with Gasteiger partial charge in [0.1, 0.15) is 6.10 Å². The molecule has 92 valence electrons. The van der Waals surface area contributed by atoms with Crippen LogP contribution >= 0.6 is 0 Å². The molecule has 1 heterocycles. The molecule has 0 aliphatic heterocycles. The quantitative estimate of drug-likeness (QED) is 0.778. The van der Waals surface area contributed by atoms with Gasteiger partial charge in [-0.05, 0) is 25.0 Å². The first-order valence-electron chi connectivity index (χ1n) is 5.82. The van der Waals surface area contributed by atoms with Crippen LogP contribution in [0.5, 0.6) is 5.88 Å². The molecule has 1 N–H and O–H groups in total. The summed E-state index contributed by atoms with van der Waals surface area (Å²) in [7, 11) is 0. The number of hydrogen-bond donors (Lipinski definition) is 1. The first kappa shape index (κ1) is 12.2. The average Bonchev–Trinajstić information content (AvgIpc) is 3.20. The van der Waals surface area contributed by atoms with Gasteiger partial charge in [-0.15, -0.1) is 0 Å². The van der Waals surface area contributed by atoms with Crippen molar-refractivity contribution in [3.63, 3.8) is 0 Å². The zero-order valence-electron chi connectivity index (χ0n) is 10.0. The van der Waals surface area contributed by atoms with E-state index in [-0.39, 0.29) is 6.10 Å². The molecule has 1 saturated carbocycles. The lowest BCUT2D eigenvalue weighted by atomic mass is 10.1. The summed E-state index contributed by atoms with van der Waals surface area (Å²) in [6.07, 6.45) is 10.1. The summed E-state index contributed by atoms with van der Waals surface area (Å²) in [5.41, 5.74) is 1.46. The van der Waals surface area contributed by atoms with E-state index in [2.05, 4.69) is 16.6 Å². The zero-order chi connectivity index (χ0) is 12.8. The number of ether oxygens (including phenoxy) is 1. The Morgan fingerprint density at radius 1 is 1.56 bits per heavy atom. The van der Waals surface area contributed by atoms with E-state index in [1.165, 1.54) is 6.21 Å². The maximum Gasteiger partial charge on any atom is 0.221 e. The minimum Gasteiger partial charge on any atom is -0.474 e. The van der Waals surface area contributed by atoms with E-state index in [4.69, 9.17) is 10.1 Å². The molecule has 4 heteroatoms. The van der Waals surface area contributed by atoms with Crippen LogP contribution in [-0.2, 0) is 0 Å². The molecule has 0 spiro atoms. The smallest absolute Gasteiger partial charge is 0.221 e. The van der Waals surface area contributed by atoms with Crippen molar-refractivity contribution in [1.82, 2.24) is 4.98 Å². The van der Waals surface area contributed by atoms with Crippen LogP contribution in [-0.4, -0.2) is 23.5 Å². The van der Waals surface area contributed by atoms with Gasteiger partial charge in [0.15, 0.2) is 0 Å². The number of allylic oxidation sites excluding steroid dienone is 2. The molecule has 0 atom stereocenters. The van der Waals surface area contributed by atoms with Crippen LogP contribution in [0.15, 0.2) is 42.2 Å². The lowest BCUT2D eigenvalue weighted by Gasteiger charge is -2.08. The van der Waals surface area contributed by atoms with Gasteiger partial charge in [0.25, 0.3) is 0 Å². The Morgan fingerprint density at radius 2 is 2.39 bits per heavy atom. The van der Waals surface area contributed by atoms with Crippen molar-refractivity contribution in [2.75, 3.05) is 0 Å². The highest BCUT2D eigenvalue weighted by Crippen LogP contribution is 2.30. The van der Waals surface area contributed by atoms with Crippen LogP contribution in [0.2, 0.25) is 0 Å². The summed E-state index contributed by atoms with van der Waals surface area (Å²) >= 11 is 0. The Balaban J connectivity index is 2.28. The zero-order valence-corrected chi connectivity index (χ0v) is 10.0. The topological polar surface area (TPSA) is 58.3 Å². The first-order chi connectivity index (χ1) is 8.85. The predicted octanol–water partition coefficient (Wildman–Crippen LogP) is 2.87. The molecule has 0 amide bonds. The molecule has 1 fully saturated rings. The summed E-state index contributed by atoms with van der Waals surface area (Å²) in [4.78, 5) is 8.25. The van der Waals surface area contributed by atoms with Gasteiger partial charge in [-0.1, -0.05) is 12.7 Å². The molecule has 0 radical (unpaired) electrons. The van der Waals surface area contributed by atoms with Gasteiger partial charge in [0.2, 0.25) is 5.88 Å². The Morgan fingerprint density at radius 3 is 3.06 bits per heavy atom. The lowest BCUT2D eigenvalue weighted by molar-refractivity contribution is 0.290. The van der Waals surface area contributed by atoms with Crippen molar-refractivity contribution in [3.05, 3.63) is 42.7 Å². The molecule has 0 saturated heterocycles. The fourth-order valence-electron chi connectivity index (χ4n) is 1.42. The van der Waals surface area contributed by atoms with Crippen molar-refractivity contribution < 1.29 is 4.74 Å². The highest BCUT2D eigenvalue weighted by molar-refractivity contribution is 6.09. The van der Waals surface area contributed by atoms with Crippen LogP contribution in [0, 0.1) is 5.41 Å². The van der Waals surface area contributed by atoms with E-state index in [0.29, 0.717) is 11.5 Å². The van der Waals surface area contributed by atoms with Gasteiger partial charge in [0.05, 0.1) is 0 Å². The number of aliphatic imine (C=N–C) groups is 1. The SMILES string of the molecule is C=CC=NC=C(C=N)c1cccnc1OC1CC1. The third kappa shape index (κ3) is 3.13. The van der Waals surface area contributed by atoms with E-state index < -0.39 is 0 Å². The third-order valence-corrected chi connectivity index (χ3v) is 2.45. The second-order valence-electron chi connectivity index (χ2n) is 3.94. The van der Waals surface area contributed by atoms with E-state index in [0.717, 1.165) is 18.4 Å². The second-order valence-corrected chi connectivity index (χ2v) is 3.94. The molecule has 18 heavy (non-hydrogen) atoms. The number of hydrogen-bond acceptors (Lipinski definition) is 4. The van der Waals surface area contributed by atoms with Gasteiger partial charge >= 0.3 is 0 Å². The van der Waals surface area contributed by atoms with E-state index >= 15 is 0 Å². The minimum absolute atomic E-state index is 0.280. The van der Waals surface area contributed by atoms with Gasteiger partial charge in [-0.2, -0.15) is 0 Å². The molecule has 1 aromatic heterocycles. The van der Waals surface area contributed by atoms with E-state index in [9.17, 15) is 0 Å². The van der Waals surface area contributed by atoms with Crippen molar-refractivity contribution in [1.29, 1.82) is 5.41 Å². The third-order valence-electron chi connectivity index (χ3n) is 2.45. The molecule has 4 nitrogen and oxygen atoms in total. The summed E-state index contributed by atoms with van der Waals surface area (Å²) in [5.74, 6) is 0.573. The molecule has 0 aromatic carbocycles. The first-order valence-corrected chi connectivity index (χ1v) is 5.82. The number of rotatable bonds is 6. The fraction of sp³-hybridized carbons (Fsp3) is 0.214. The molecular weight excluding hydrogens is 226 g/mol. The fourth-order valence-corrected chi connectivity index (χ4v) is 1.42. The van der Waals surface area contributed by atoms with Crippen LogP contribution < -0.4 is 4.74 Å². The molecule has 2 rings (SSSR count). The van der Waals surface area contributed by atoms with E-state index in [1.54, 1.807) is 24.7 Å². The van der Waals surface area contributed by atoms with Gasteiger partial charge < -0.3 is 10.1 Å². The maximum atomic E-state index is 7.45. The maximum absolute atomic E-state index is 7.45. The summed E-state index contributed by atoms with van der Waals surface area (Å²) in [6.45, 7) is 3.55. The standard InChI is InChI=1S/C14H15N3O/c1-2-7-16-10-11(9-15)13-4-3-8-17-14(13)18-12-5-6-12/h2-4,7-10,12,15H,1,5-6H2. The Hall–Kier alpha value is -2.23. The Bertz CT molecular complexity index is 502. The second kappa shape index (κ2) is 5.91. The molecule has 1 aliphatic carbocycles. The number of pyridine rings is 1. The highest BCUT2D eigenvalue weighted by atomic mass is 16.5. The van der Waals surface area contributed by atoms with Crippen molar-refractivity contribution in [2.24, 2.45) is 4.99 Å². The van der Waals surface area contributed by atoms with Gasteiger partial charge in [-0.3, -0.25) is 4.99 Å². The van der Waals surface area contributed by atoms with Crippen LogP contribution in [0.1, 0.15) is 18.4 Å². The molecular formula is C14H15N3O. The van der Waals surface area contributed by atoms with Crippen LogP contribution in [0.3, 0.4) is 0 Å². The largest absolute Gasteiger partial charge is 0.474 e. The van der Waals surface area contributed by atoms with E-state index in [1.807, 2.05) is 12.1 Å². The number of nitrogens with one attached hydrogen (secondary N) is 1. The molecule has 1 aliphatic rings. The van der Waals surface area contributed by atoms with Crippen LogP contribution in [0.4, 0.5) is 0 Å². The van der Waals surface area contributed by atoms with Crippen molar-refractivity contribution in [2.45, 2.75) is 18.9 Å². The lowest BCUT2D eigenvalue weighted by Crippen LogP contribution is -2.01. The minimum atomic E-state index is 0.280. The summed E-state index contributed by atoms with van der Waals surface area (Å²) in [5, 5.41) is 7.45. The number of aromatic nitrogens is 1. The molecule has 1 aromatic rings. The predicted molar refractivity (Wildman–Crippen MR) is 73.3 cm³/mol. The monoisotopic (exact) mass is 241 g/mol. The normalized spacial score (nSPS) is 15.7. The highest BCUT2D eigenvalue weighted by Gasteiger charge is 2.25. The summed E-state index contributed by atoms with van der Waals surface area (Å²) in [6, 6.07) is 3.70. The van der Waals surface area contributed by atoms with Crippen LogP contribution in [0.25, 0.3) is 5.57 Å². The van der Waals surface area contributed by atoms with Gasteiger partial charge in [-0.25, -0.2) is 4.98 Å². The Kier molecular flexibility index (Phi) is 4.02.